The van der Waals surface area contributed by atoms with Crippen molar-refractivity contribution >= 4 is 28.4 Å². The molecule has 1 fully saturated rings. The molecule has 0 aliphatic heterocycles. The summed E-state index contributed by atoms with van der Waals surface area (Å²) in [6.07, 6.45) is 3.36. The Balaban J connectivity index is 2.32. The predicted molar refractivity (Wildman–Crippen MR) is 76.5 cm³/mol. The third kappa shape index (κ3) is 2.64. The van der Waals surface area contributed by atoms with E-state index in [9.17, 15) is 4.79 Å². The molecule has 0 radical (unpaired) electrons. The monoisotopic (exact) mass is 344 g/mol. The maximum Gasteiger partial charge on any atom is 0.169 e. The molecule has 1 aromatic rings. The van der Waals surface area contributed by atoms with Crippen LogP contribution in [-0.4, -0.2) is 12.9 Å². The Bertz CT molecular complexity index is 428. The average molecular weight is 344 g/mol. The standard InChI is InChI=1S/C14H17IO2/c1-9-4-3-5-11(9)14(16)12-8-10(15)6-7-13(12)17-2/h6-9,11H,3-5H2,1-2H3. The van der Waals surface area contributed by atoms with E-state index in [1.165, 1.54) is 12.8 Å². The molecule has 3 heteroatoms. The molecule has 17 heavy (non-hydrogen) atoms. The van der Waals surface area contributed by atoms with Crippen LogP contribution in [0, 0.1) is 15.4 Å². The summed E-state index contributed by atoms with van der Waals surface area (Å²) in [6.45, 7) is 2.18. The van der Waals surface area contributed by atoms with Gasteiger partial charge in [0.1, 0.15) is 5.75 Å². The van der Waals surface area contributed by atoms with Gasteiger partial charge in [-0.2, -0.15) is 0 Å². The van der Waals surface area contributed by atoms with Gasteiger partial charge in [-0.1, -0.05) is 13.3 Å². The zero-order valence-electron chi connectivity index (χ0n) is 10.2. The SMILES string of the molecule is COc1ccc(I)cc1C(=O)C1CCCC1C. The molecule has 1 aromatic carbocycles. The minimum Gasteiger partial charge on any atom is -0.496 e. The summed E-state index contributed by atoms with van der Waals surface area (Å²) < 4.78 is 6.37. The first-order valence-corrected chi connectivity index (χ1v) is 7.09. The highest BCUT2D eigenvalue weighted by molar-refractivity contribution is 14.1. The van der Waals surface area contributed by atoms with Crippen LogP contribution in [0.2, 0.25) is 0 Å². The molecule has 92 valence electrons. The van der Waals surface area contributed by atoms with Gasteiger partial charge in [0.15, 0.2) is 5.78 Å². The number of benzene rings is 1. The van der Waals surface area contributed by atoms with Crippen LogP contribution in [0.4, 0.5) is 0 Å². The van der Waals surface area contributed by atoms with E-state index < -0.39 is 0 Å². The van der Waals surface area contributed by atoms with Crippen LogP contribution in [0.15, 0.2) is 18.2 Å². The molecule has 2 nitrogen and oxygen atoms in total. The molecule has 0 bridgehead atoms. The maximum absolute atomic E-state index is 12.5. The second-order valence-electron chi connectivity index (χ2n) is 4.72. The van der Waals surface area contributed by atoms with Gasteiger partial charge in [-0.3, -0.25) is 4.79 Å². The quantitative estimate of drug-likeness (QED) is 0.614. The number of rotatable bonds is 3. The van der Waals surface area contributed by atoms with Gasteiger partial charge in [-0.05, 0) is 59.5 Å². The molecule has 2 atom stereocenters. The lowest BCUT2D eigenvalue weighted by Crippen LogP contribution is -2.18. The van der Waals surface area contributed by atoms with Crippen LogP contribution in [0.1, 0.15) is 36.5 Å². The minimum atomic E-state index is 0.182. The summed E-state index contributed by atoms with van der Waals surface area (Å²) in [5.41, 5.74) is 0.748. The van der Waals surface area contributed by atoms with Crippen LogP contribution < -0.4 is 4.74 Å². The van der Waals surface area contributed by atoms with Gasteiger partial charge in [0.25, 0.3) is 0 Å². The smallest absolute Gasteiger partial charge is 0.169 e. The fourth-order valence-corrected chi connectivity index (χ4v) is 3.10. The highest BCUT2D eigenvalue weighted by Gasteiger charge is 2.31. The van der Waals surface area contributed by atoms with Gasteiger partial charge < -0.3 is 4.74 Å². The Hall–Kier alpha value is -0.580. The van der Waals surface area contributed by atoms with Crippen molar-refractivity contribution in [2.24, 2.45) is 11.8 Å². The fourth-order valence-electron chi connectivity index (χ4n) is 2.61. The Kier molecular flexibility index (Phi) is 4.07. The molecule has 0 aromatic heterocycles. The highest BCUT2D eigenvalue weighted by atomic mass is 127. The summed E-state index contributed by atoms with van der Waals surface area (Å²) in [6, 6.07) is 5.79. The maximum atomic E-state index is 12.5. The second-order valence-corrected chi connectivity index (χ2v) is 5.97. The Morgan fingerprint density at radius 2 is 2.18 bits per heavy atom. The van der Waals surface area contributed by atoms with Crippen LogP contribution in [0.5, 0.6) is 5.75 Å². The number of Topliss-reactive ketones (excluding diaryl/α,β-unsaturated/α-hetero) is 1. The second kappa shape index (κ2) is 5.38. The lowest BCUT2D eigenvalue weighted by molar-refractivity contribution is 0.0894. The molecule has 0 N–H and O–H groups in total. The van der Waals surface area contributed by atoms with Crippen LogP contribution in [0.25, 0.3) is 0 Å². The number of hydrogen-bond donors (Lipinski definition) is 0. The van der Waals surface area contributed by atoms with E-state index in [0.29, 0.717) is 11.7 Å². The van der Waals surface area contributed by atoms with E-state index in [-0.39, 0.29) is 11.7 Å². The zero-order chi connectivity index (χ0) is 12.4. The number of carbonyl (C=O) groups is 1. The topological polar surface area (TPSA) is 26.3 Å². The van der Waals surface area contributed by atoms with E-state index in [2.05, 4.69) is 29.5 Å². The summed E-state index contributed by atoms with van der Waals surface area (Å²) in [7, 11) is 1.62. The van der Waals surface area contributed by atoms with E-state index in [1.54, 1.807) is 7.11 Å². The van der Waals surface area contributed by atoms with Gasteiger partial charge in [-0.25, -0.2) is 0 Å². The van der Waals surface area contributed by atoms with Gasteiger partial charge in [-0.15, -0.1) is 0 Å². The first-order chi connectivity index (χ1) is 8.13. The lowest BCUT2D eigenvalue weighted by Gasteiger charge is -2.16. The Morgan fingerprint density at radius 1 is 1.41 bits per heavy atom. The molecule has 2 rings (SSSR count). The fraction of sp³-hybridized carbons (Fsp3) is 0.500. The third-order valence-corrected chi connectivity index (χ3v) is 4.30. The van der Waals surface area contributed by atoms with Crippen molar-refractivity contribution in [1.82, 2.24) is 0 Å². The zero-order valence-corrected chi connectivity index (χ0v) is 12.4. The van der Waals surface area contributed by atoms with Crippen molar-refractivity contribution in [2.45, 2.75) is 26.2 Å². The number of halogens is 1. The molecule has 0 saturated heterocycles. The van der Waals surface area contributed by atoms with Gasteiger partial charge in [0.05, 0.1) is 12.7 Å². The van der Waals surface area contributed by atoms with Crippen molar-refractivity contribution in [3.8, 4) is 5.75 Å². The molecule has 0 amide bonds. The van der Waals surface area contributed by atoms with Crippen molar-refractivity contribution in [3.63, 3.8) is 0 Å². The van der Waals surface area contributed by atoms with E-state index >= 15 is 0 Å². The van der Waals surface area contributed by atoms with Crippen LogP contribution in [-0.2, 0) is 0 Å². The Labute approximate surface area is 116 Å². The molecule has 1 saturated carbocycles. The molecule has 1 aliphatic carbocycles. The largest absolute Gasteiger partial charge is 0.496 e. The highest BCUT2D eigenvalue weighted by Crippen LogP contribution is 2.35. The van der Waals surface area contributed by atoms with E-state index in [1.807, 2.05) is 18.2 Å². The van der Waals surface area contributed by atoms with Crippen LogP contribution in [0.3, 0.4) is 0 Å². The molecule has 2 unspecified atom stereocenters. The van der Waals surface area contributed by atoms with Crippen molar-refractivity contribution in [1.29, 1.82) is 0 Å². The van der Waals surface area contributed by atoms with Gasteiger partial charge in [0, 0.05) is 9.49 Å². The van der Waals surface area contributed by atoms with Crippen molar-refractivity contribution < 1.29 is 9.53 Å². The molecular formula is C14H17IO2. The third-order valence-electron chi connectivity index (χ3n) is 3.63. The van der Waals surface area contributed by atoms with Crippen molar-refractivity contribution in [2.75, 3.05) is 7.11 Å². The first-order valence-electron chi connectivity index (χ1n) is 6.01. The number of ketones is 1. The summed E-state index contributed by atoms with van der Waals surface area (Å²) in [5.74, 6) is 1.65. The molecule has 0 spiro atoms. The Morgan fingerprint density at radius 3 is 2.76 bits per heavy atom. The normalized spacial score (nSPS) is 23.7. The lowest BCUT2D eigenvalue weighted by atomic mass is 9.89. The van der Waals surface area contributed by atoms with E-state index in [0.717, 1.165) is 15.6 Å². The summed E-state index contributed by atoms with van der Waals surface area (Å²) in [4.78, 5) is 12.5. The molecule has 0 heterocycles. The average Bonchev–Trinajstić information content (AvgIpc) is 2.74. The predicted octanol–water partition coefficient (Wildman–Crippen LogP) is 3.92. The van der Waals surface area contributed by atoms with Crippen molar-refractivity contribution in [3.05, 3.63) is 27.3 Å². The van der Waals surface area contributed by atoms with Crippen LogP contribution >= 0.6 is 22.6 Å². The van der Waals surface area contributed by atoms with Gasteiger partial charge >= 0.3 is 0 Å². The number of ether oxygens (including phenoxy) is 1. The minimum absolute atomic E-state index is 0.182. The number of hydrogen-bond acceptors (Lipinski definition) is 2. The summed E-state index contributed by atoms with van der Waals surface area (Å²) >= 11 is 2.23. The molecule has 1 aliphatic rings. The van der Waals surface area contributed by atoms with Gasteiger partial charge in [0.2, 0.25) is 0 Å². The van der Waals surface area contributed by atoms with E-state index in [4.69, 9.17) is 4.74 Å². The summed E-state index contributed by atoms with van der Waals surface area (Å²) in [5, 5.41) is 0. The number of methoxy groups -OCH3 is 1. The first kappa shape index (κ1) is 12.9. The molecular weight excluding hydrogens is 327 g/mol. The number of carbonyl (C=O) groups excluding carboxylic acids is 1.